The molecular formula is C12H27BN. The summed E-state index contributed by atoms with van der Waals surface area (Å²) in [5, 5.41) is 0.321. The molecule has 0 N–H and O–H groups in total. The Kier molecular flexibility index (Phi) is 7.35. The maximum Gasteiger partial charge on any atom is 0.214 e. The van der Waals surface area contributed by atoms with Crippen molar-refractivity contribution in [3.8, 4) is 0 Å². The molecule has 0 bridgehead atoms. The summed E-state index contributed by atoms with van der Waals surface area (Å²) in [6, 6.07) is 0. The third-order valence-electron chi connectivity index (χ3n) is 2.17. The average molecular weight is 196 g/mol. The minimum Gasteiger partial charge on any atom is -0.346 e. The molecule has 0 aromatic heterocycles. The largest absolute Gasteiger partial charge is 0.346 e. The molecule has 14 heavy (non-hydrogen) atoms. The van der Waals surface area contributed by atoms with Crippen LogP contribution in [-0.2, 0) is 0 Å². The van der Waals surface area contributed by atoms with Gasteiger partial charge in [0.2, 0.25) is 7.41 Å². The molecular weight excluding hydrogens is 169 g/mol. The van der Waals surface area contributed by atoms with E-state index in [9.17, 15) is 0 Å². The first kappa shape index (κ1) is 14.0. The van der Waals surface area contributed by atoms with Crippen LogP contribution in [0.4, 0.5) is 0 Å². The standard InChI is InChI=1S/C12H27BN/c1-6-8-10-14(11-9-7-2)13-12(3,4)5/h6-11H2,1-5H3. The highest BCUT2D eigenvalue weighted by Crippen LogP contribution is 2.21. The third-order valence-corrected chi connectivity index (χ3v) is 2.17. The van der Waals surface area contributed by atoms with E-state index in [-0.39, 0.29) is 0 Å². The molecule has 0 saturated heterocycles. The maximum atomic E-state index is 2.51. The molecule has 0 rings (SSSR count). The summed E-state index contributed by atoms with van der Waals surface area (Å²) in [5.74, 6) is 0. The van der Waals surface area contributed by atoms with E-state index in [0.29, 0.717) is 5.31 Å². The predicted molar refractivity (Wildman–Crippen MR) is 66.9 cm³/mol. The van der Waals surface area contributed by atoms with E-state index in [1.54, 1.807) is 0 Å². The second kappa shape index (κ2) is 7.33. The van der Waals surface area contributed by atoms with Crippen molar-refractivity contribution in [3.05, 3.63) is 0 Å². The molecule has 2 heteroatoms. The van der Waals surface area contributed by atoms with Gasteiger partial charge in [-0.15, -0.1) is 0 Å². The molecule has 0 fully saturated rings. The fourth-order valence-electron chi connectivity index (χ4n) is 1.51. The van der Waals surface area contributed by atoms with Crippen LogP contribution in [0.5, 0.6) is 0 Å². The number of hydrogen-bond donors (Lipinski definition) is 0. The molecule has 0 aliphatic rings. The number of nitrogens with zero attached hydrogens (tertiary/aromatic N) is 1. The average Bonchev–Trinajstić information content (AvgIpc) is 2.07. The van der Waals surface area contributed by atoms with Gasteiger partial charge in [-0.25, -0.2) is 0 Å². The lowest BCUT2D eigenvalue weighted by atomic mass is 9.63. The first-order valence-corrected chi connectivity index (χ1v) is 6.09. The summed E-state index contributed by atoms with van der Waals surface area (Å²) in [6.07, 6.45) is 5.22. The Bertz CT molecular complexity index is 121. The Balaban J connectivity index is 3.84. The summed E-state index contributed by atoms with van der Waals surface area (Å²) < 4.78 is 0. The summed E-state index contributed by atoms with van der Waals surface area (Å²) >= 11 is 0. The van der Waals surface area contributed by atoms with Gasteiger partial charge < -0.3 is 4.81 Å². The van der Waals surface area contributed by atoms with Crippen molar-refractivity contribution in [2.45, 2.75) is 65.6 Å². The van der Waals surface area contributed by atoms with Gasteiger partial charge >= 0.3 is 0 Å². The van der Waals surface area contributed by atoms with Gasteiger partial charge in [-0.05, 0) is 31.2 Å². The van der Waals surface area contributed by atoms with Crippen molar-refractivity contribution in [1.29, 1.82) is 0 Å². The zero-order chi connectivity index (χ0) is 11.0. The minimum absolute atomic E-state index is 0.321. The molecule has 83 valence electrons. The lowest BCUT2D eigenvalue weighted by molar-refractivity contribution is 0.406. The Hall–Kier alpha value is 0.0249. The van der Waals surface area contributed by atoms with Gasteiger partial charge in [0.1, 0.15) is 0 Å². The highest BCUT2D eigenvalue weighted by molar-refractivity contribution is 6.36. The molecule has 0 aromatic rings. The van der Waals surface area contributed by atoms with Crippen molar-refractivity contribution in [1.82, 2.24) is 4.81 Å². The molecule has 0 aliphatic heterocycles. The monoisotopic (exact) mass is 196 g/mol. The molecule has 0 aliphatic carbocycles. The van der Waals surface area contributed by atoms with E-state index in [1.165, 1.54) is 38.8 Å². The maximum absolute atomic E-state index is 2.51. The molecule has 0 aromatic carbocycles. The van der Waals surface area contributed by atoms with E-state index < -0.39 is 0 Å². The highest BCUT2D eigenvalue weighted by atomic mass is 15.0. The molecule has 1 radical (unpaired) electrons. The SMILES string of the molecule is CCCCN([B]C(C)(C)C)CCCC. The first-order valence-electron chi connectivity index (χ1n) is 6.09. The topological polar surface area (TPSA) is 3.24 Å². The molecule has 0 atom stereocenters. The highest BCUT2D eigenvalue weighted by Gasteiger charge is 2.17. The van der Waals surface area contributed by atoms with Gasteiger partial charge in [-0.3, -0.25) is 0 Å². The smallest absolute Gasteiger partial charge is 0.214 e. The number of hydrogen-bond acceptors (Lipinski definition) is 1. The lowest BCUT2D eigenvalue weighted by Gasteiger charge is -2.28. The fraction of sp³-hybridized carbons (Fsp3) is 1.00. The number of rotatable bonds is 7. The fourth-order valence-corrected chi connectivity index (χ4v) is 1.51. The zero-order valence-electron chi connectivity index (χ0n) is 10.8. The van der Waals surface area contributed by atoms with E-state index in [0.717, 1.165) is 0 Å². The zero-order valence-corrected chi connectivity index (χ0v) is 10.8. The molecule has 0 heterocycles. The Morgan fingerprint density at radius 2 is 1.36 bits per heavy atom. The van der Waals surface area contributed by atoms with Crippen molar-refractivity contribution in [2.24, 2.45) is 0 Å². The van der Waals surface area contributed by atoms with Crippen LogP contribution in [0, 0.1) is 0 Å². The van der Waals surface area contributed by atoms with Gasteiger partial charge in [0.15, 0.2) is 0 Å². The second-order valence-electron chi connectivity index (χ2n) is 5.24. The van der Waals surface area contributed by atoms with E-state index in [2.05, 4.69) is 46.8 Å². The summed E-state index contributed by atoms with van der Waals surface area (Å²) in [6.45, 7) is 13.8. The molecule has 0 saturated carbocycles. The molecule has 1 nitrogen and oxygen atoms in total. The van der Waals surface area contributed by atoms with Crippen LogP contribution in [0.15, 0.2) is 0 Å². The molecule has 0 spiro atoms. The van der Waals surface area contributed by atoms with Gasteiger partial charge in [0.05, 0.1) is 0 Å². The van der Waals surface area contributed by atoms with Crippen LogP contribution in [0.25, 0.3) is 0 Å². The summed E-state index contributed by atoms with van der Waals surface area (Å²) in [5.41, 5.74) is 0. The van der Waals surface area contributed by atoms with Crippen molar-refractivity contribution >= 4 is 7.41 Å². The Morgan fingerprint density at radius 3 is 1.64 bits per heavy atom. The molecule has 0 amide bonds. The summed E-state index contributed by atoms with van der Waals surface area (Å²) in [7, 11) is 2.40. The van der Waals surface area contributed by atoms with Crippen molar-refractivity contribution < 1.29 is 0 Å². The minimum atomic E-state index is 0.321. The lowest BCUT2D eigenvalue weighted by Crippen LogP contribution is -2.35. The Morgan fingerprint density at radius 1 is 0.929 bits per heavy atom. The van der Waals surface area contributed by atoms with Crippen molar-refractivity contribution in [2.75, 3.05) is 13.1 Å². The van der Waals surface area contributed by atoms with Gasteiger partial charge in [0.25, 0.3) is 0 Å². The predicted octanol–water partition coefficient (Wildman–Crippen LogP) is 3.73. The van der Waals surface area contributed by atoms with Crippen molar-refractivity contribution in [3.63, 3.8) is 0 Å². The third kappa shape index (κ3) is 8.62. The van der Waals surface area contributed by atoms with E-state index in [4.69, 9.17) is 0 Å². The van der Waals surface area contributed by atoms with E-state index >= 15 is 0 Å². The van der Waals surface area contributed by atoms with Gasteiger partial charge in [-0.2, -0.15) is 0 Å². The van der Waals surface area contributed by atoms with Gasteiger partial charge in [0, 0.05) is 0 Å². The Labute approximate surface area is 91.5 Å². The second-order valence-corrected chi connectivity index (χ2v) is 5.24. The van der Waals surface area contributed by atoms with Crippen LogP contribution >= 0.6 is 0 Å². The van der Waals surface area contributed by atoms with Crippen LogP contribution < -0.4 is 0 Å². The molecule has 0 unspecified atom stereocenters. The van der Waals surface area contributed by atoms with Crippen LogP contribution in [0.1, 0.15) is 60.3 Å². The summed E-state index contributed by atoms with van der Waals surface area (Å²) in [4.78, 5) is 2.51. The van der Waals surface area contributed by atoms with Crippen LogP contribution in [-0.4, -0.2) is 25.3 Å². The number of unbranched alkanes of at least 4 members (excludes halogenated alkanes) is 2. The van der Waals surface area contributed by atoms with Gasteiger partial charge in [-0.1, -0.05) is 47.5 Å². The quantitative estimate of drug-likeness (QED) is 0.561. The first-order chi connectivity index (χ1) is 6.49. The van der Waals surface area contributed by atoms with Crippen LogP contribution in [0.3, 0.4) is 0 Å². The van der Waals surface area contributed by atoms with E-state index in [1.807, 2.05) is 0 Å². The normalized spacial score (nSPS) is 12.1. The van der Waals surface area contributed by atoms with Crippen LogP contribution in [0.2, 0.25) is 5.31 Å².